The first-order valence-electron chi connectivity index (χ1n) is 8.92. The van der Waals surface area contributed by atoms with E-state index in [4.69, 9.17) is 11.6 Å². The molecule has 1 aliphatic rings. The van der Waals surface area contributed by atoms with Crippen LogP contribution in [0.1, 0.15) is 12.0 Å². The zero-order chi connectivity index (χ0) is 18.2. The number of halogens is 1. The molecule has 3 rings (SSSR count). The summed E-state index contributed by atoms with van der Waals surface area (Å²) in [5.74, 6) is -0.0636. The summed E-state index contributed by atoms with van der Waals surface area (Å²) in [6, 6.07) is 17.9. The molecule has 1 heterocycles. The number of carbonyl (C=O) groups excluding carboxylic acids is 1. The largest absolute Gasteiger partial charge is 0.360 e. The number of carbonyl (C=O) groups is 1. The molecule has 0 aromatic heterocycles. The predicted octanol–water partition coefficient (Wildman–Crippen LogP) is 1.59. The van der Waals surface area contributed by atoms with Gasteiger partial charge in [0.2, 0.25) is 5.91 Å². The molecule has 0 bridgehead atoms. The molecule has 1 fully saturated rings. The van der Waals surface area contributed by atoms with E-state index in [9.17, 15) is 4.79 Å². The Morgan fingerprint density at radius 1 is 1.12 bits per heavy atom. The number of hydrogen-bond donors (Lipinski definition) is 2. The van der Waals surface area contributed by atoms with Crippen LogP contribution in [0.4, 0.5) is 5.69 Å². The Morgan fingerprint density at radius 2 is 1.81 bits per heavy atom. The molecule has 0 atom stereocenters. The van der Waals surface area contributed by atoms with E-state index >= 15 is 0 Å². The summed E-state index contributed by atoms with van der Waals surface area (Å²) >= 11 is 6.05. The number of piperazine rings is 1. The SMILES string of the molecule is O=C(CC[NH+]1CCN(c2ccccc2)CC1)N/N=C\c1ccccc1Cl. The molecule has 26 heavy (non-hydrogen) atoms. The number of benzene rings is 2. The van der Waals surface area contributed by atoms with Gasteiger partial charge in [0.1, 0.15) is 0 Å². The van der Waals surface area contributed by atoms with E-state index in [1.165, 1.54) is 10.6 Å². The lowest BCUT2D eigenvalue weighted by molar-refractivity contribution is -0.900. The quantitative estimate of drug-likeness (QED) is 0.598. The van der Waals surface area contributed by atoms with Crippen LogP contribution >= 0.6 is 11.6 Å². The van der Waals surface area contributed by atoms with Crippen LogP contribution in [0.25, 0.3) is 0 Å². The van der Waals surface area contributed by atoms with Gasteiger partial charge in [-0.1, -0.05) is 48.0 Å². The fraction of sp³-hybridized carbons (Fsp3) is 0.300. The number of hydrazone groups is 1. The zero-order valence-corrected chi connectivity index (χ0v) is 15.5. The van der Waals surface area contributed by atoms with Crippen LogP contribution < -0.4 is 15.2 Å². The lowest BCUT2D eigenvalue weighted by Crippen LogP contribution is -3.15. The maximum atomic E-state index is 12.0. The molecule has 0 spiro atoms. The van der Waals surface area contributed by atoms with Crippen molar-refractivity contribution in [1.29, 1.82) is 0 Å². The molecule has 0 aliphatic carbocycles. The molecule has 6 heteroatoms. The highest BCUT2D eigenvalue weighted by atomic mass is 35.5. The number of amides is 1. The standard InChI is InChI=1S/C20H23ClN4O/c21-19-9-5-4-6-17(19)16-22-23-20(26)10-11-24-12-14-25(15-13-24)18-7-2-1-3-8-18/h1-9,16H,10-15H2,(H,23,26)/p+1/b22-16-. The lowest BCUT2D eigenvalue weighted by Gasteiger charge is -2.33. The van der Waals surface area contributed by atoms with Crippen LogP contribution in [-0.2, 0) is 4.79 Å². The van der Waals surface area contributed by atoms with Crippen LogP contribution in [0.3, 0.4) is 0 Å². The minimum absolute atomic E-state index is 0.0636. The van der Waals surface area contributed by atoms with Gasteiger partial charge in [-0.3, -0.25) is 4.79 Å². The number of rotatable bonds is 6. The van der Waals surface area contributed by atoms with Gasteiger partial charge in [-0.2, -0.15) is 5.10 Å². The van der Waals surface area contributed by atoms with Crippen molar-refractivity contribution < 1.29 is 9.69 Å². The van der Waals surface area contributed by atoms with E-state index in [1.807, 2.05) is 24.3 Å². The lowest BCUT2D eigenvalue weighted by atomic mass is 10.2. The number of nitrogens with one attached hydrogen (secondary N) is 2. The number of anilines is 1. The molecule has 0 saturated carbocycles. The summed E-state index contributed by atoms with van der Waals surface area (Å²) < 4.78 is 0. The predicted molar refractivity (Wildman–Crippen MR) is 106 cm³/mol. The monoisotopic (exact) mass is 371 g/mol. The average Bonchev–Trinajstić information content (AvgIpc) is 2.69. The van der Waals surface area contributed by atoms with Crippen LogP contribution in [0.5, 0.6) is 0 Å². The molecule has 1 aliphatic heterocycles. The normalized spacial score (nSPS) is 15.3. The first-order chi connectivity index (χ1) is 12.7. The van der Waals surface area contributed by atoms with Gasteiger partial charge in [-0.05, 0) is 18.2 Å². The Balaban J connectivity index is 1.37. The number of para-hydroxylation sites is 1. The molecule has 1 amide bonds. The second kappa shape index (κ2) is 9.36. The molecule has 2 N–H and O–H groups in total. The Kier molecular flexibility index (Phi) is 6.63. The molecule has 136 valence electrons. The average molecular weight is 372 g/mol. The molecule has 0 radical (unpaired) electrons. The highest BCUT2D eigenvalue weighted by Gasteiger charge is 2.20. The van der Waals surface area contributed by atoms with Gasteiger partial charge < -0.3 is 9.80 Å². The fourth-order valence-corrected chi connectivity index (χ4v) is 3.25. The summed E-state index contributed by atoms with van der Waals surface area (Å²) in [6.45, 7) is 4.96. The van der Waals surface area contributed by atoms with Crippen LogP contribution in [0.15, 0.2) is 59.7 Å². The molecular weight excluding hydrogens is 348 g/mol. The molecule has 0 unspecified atom stereocenters. The smallest absolute Gasteiger partial charge is 0.245 e. The van der Waals surface area contributed by atoms with Crippen molar-refractivity contribution in [2.24, 2.45) is 5.10 Å². The number of nitrogens with zero attached hydrogens (tertiary/aromatic N) is 2. The summed E-state index contributed by atoms with van der Waals surface area (Å²) in [4.78, 5) is 15.8. The van der Waals surface area contributed by atoms with Gasteiger partial charge >= 0.3 is 0 Å². The van der Waals surface area contributed by atoms with Crippen molar-refractivity contribution >= 4 is 29.4 Å². The second-order valence-corrected chi connectivity index (χ2v) is 6.79. The van der Waals surface area contributed by atoms with E-state index in [2.05, 4.69) is 39.7 Å². The van der Waals surface area contributed by atoms with Crippen LogP contribution in [0.2, 0.25) is 5.02 Å². The summed E-state index contributed by atoms with van der Waals surface area (Å²) in [6.07, 6.45) is 2.05. The summed E-state index contributed by atoms with van der Waals surface area (Å²) in [5.41, 5.74) is 4.65. The highest BCUT2D eigenvalue weighted by molar-refractivity contribution is 6.33. The van der Waals surface area contributed by atoms with E-state index in [0.29, 0.717) is 11.4 Å². The van der Waals surface area contributed by atoms with Crippen molar-refractivity contribution in [3.63, 3.8) is 0 Å². The van der Waals surface area contributed by atoms with Gasteiger partial charge in [0, 0.05) is 16.3 Å². The summed E-state index contributed by atoms with van der Waals surface area (Å²) in [5, 5.41) is 4.61. The Morgan fingerprint density at radius 3 is 2.54 bits per heavy atom. The highest BCUT2D eigenvalue weighted by Crippen LogP contribution is 2.13. The van der Waals surface area contributed by atoms with Gasteiger partial charge in [-0.15, -0.1) is 0 Å². The van der Waals surface area contributed by atoms with Crippen LogP contribution in [0, 0.1) is 0 Å². The third kappa shape index (κ3) is 5.31. The molecule has 1 saturated heterocycles. The van der Waals surface area contributed by atoms with Crippen LogP contribution in [-0.4, -0.2) is 44.8 Å². The third-order valence-corrected chi connectivity index (χ3v) is 4.94. The van der Waals surface area contributed by atoms with Gasteiger partial charge in [-0.25, -0.2) is 5.43 Å². The molecule has 2 aromatic rings. The second-order valence-electron chi connectivity index (χ2n) is 6.39. The number of quaternary nitrogens is 1. The van der Waals surface area contributed by atoms with Gasteiger partial charge in [0.15, 0.2) is 0 Å². The molecular formula is C20H24ClN4O+. The van der Waals surface area contributed by atoms with Crippen molar-refractivity contribution in [3.05, 3.63) is 65.2 Å². The van der Waals surface area contributed by atoms with E-state index in [-0.39, 0.29) is 5.91 Å². The minimum atomic E-state index is -0.0636. The van der Waals surface area contributed by atoms with Crippen molar-refractivity contribution in [3.8, 4) is 0 Å². The van der Waals surface area contributed by atoms with Crippen molar-refractivity contribution in [1.82, 2.24) is 5.43 Å². The van der Waals surface area contributed by atoms with Crippen molar-refractivity contribution in [2.45, 2.75) is 6.42 Å². The van der Waals surface area contributed by atoms with Gasteiger partial charge in [0.25, 0.3) is 0 Å². The topological polar surface area (TPSA) is 49.1 Å². The zero-order valence-electron chi connectivity index (χ0n) is 14.7. The molecule has 5 nitrogen and oxygen atoms in total. The minimum Gasteiger partial charge on any atom is -0.360 e. The maximum Gasteiger partial charge on any atom is 0.245 e. The number of hydrogen-bond acceptors (Lipinski definition) is 3. The van der Waals surface area contributed by atoms with E-state index < -0.39 is 0 Å². The fourth-order valence-electron chi connectivity index (χ4n) is 3.07. The third-order valence-electron chi connectivity index (χ3n) is 4.60. The Hall–Kier alpha value is -2.37. The van der Waals surface area contributed by atoms with Crippen molar-refractivity contribution in [2.75, 3.05) is 37.6 Å². The molecule has 2 aromatic carbocycles. The Bertz CT molecular complexity index is 742. The first kappa shape index (κ1) is 18.4. The van der Waals surface area contributed by atoms with E-state index in [1.54, 1.807) is 12.3 Å². The summed E-state index contributed by atoms with van der Waals surface area (Å²) in [7, 11) is 0. The maximum absolute atomic E-state index is 12.0. The van der Waals surface area contributed by atoms with E-state index in [0.717, 1.165) is 38.3 Å². The van der Waals surface area contributed by atoms with Gasteiger partial charge in [0.05, 0.1) is 45.4 Å². The first-order valence-corrected chi connectivity index (χ1v) is 9.30. The Labute approximate surface area is 159 Å².